The molecule has 14 heavy (non-hydrogen) atoms. The van der Waals surface area contributed by atoms with Crippen molar-refractivity contribution in [2.45, 2.75) is 37.6 Å². The minimum atomic E-state index is -2.73. The van der Waals surface area contributed by atoms with Crippen LogP contribution in [0.1, 0.15) is 25.7 Å². The molecule has 0 bridgehead atoms. The lowest BCUT2D eigenvalue weighted by molar-refractivity contribution is -0.141. The number of rotatable bonds is 2. The van der Waals surface area contributed by atoms with Crippen LogP contribution in [0.5, 0.6) is 0 Å². The predicted octanol–water partition coefficient (Wildman–Crippen LogP) is 1.65. The van der Waals surface area contributed by atoms with E-state index in [0.29, 0.717) is 12.8 Å². The average molecular weight is 230 g/mol. The van der Waals surface area contributed by atoms with Crippen molar-refractivity contribution >= 4 is 18.4 Å². The zero-order valence-electron chi connectivity index (χ0n) is 7.58. The summed E-state index contributed by atoms with van der Waals surface area (Å²) in [6.45, 7) is 0. The van der Waals surface area contributed by atoms with Crippen LogP contribution in [0.2, 0.25) is 0 Å². The van der Waals surface area contributed by atoms with Crippen molar-refractivity contribution in [1.29, 1.82) is 0 Å². The summed E-state index contributed by atoms with van der Waals surface area (Å²) in [4.78, 5) is 10.4. The van der Waals surface area contributed by atoms with Crippen LogP contribution in [-0.4, -0.2) is 23.0 Å². The smallest absolute Gasteiger partial charge is 0.320 e. The number of carboxylic acid groups (broad SMARTS) is 1. The topological polar surface area (TPSA) is 63.3 Å². The third-order valence-corrected chi connectivity index (χ3v) is 2.47. The highest BCUT2D eigenvalue weighted by Gasteiger charge is 2.40. The highest BCUT2D eigenvalue weighted by Crippen LogP contribution is 2.37. The summed E-state index contributed by atoms with van der Waals surface area (Å²) in [5, 5.41) is 8.53. The van der Waals surface area contributed by atoms with E-state index in [4.69, 9.17) is 10.8 Å². The van der Waals surface area contributed by atoms with Gasteiger partial charge in [0.15, 0.2) is 0 Å². The number of carbonyl (C=O) groups is 1. The van der Waals surface area contributed by atoms with Gasteiger partial charge in [-0.15, -0.1) is 12.4 Å². The fourth-order valence-corrected chi connectivity index (χ4v) is 1.72. The molecular formula is C8H14ClF2NO2. The van der Waals surface area contributed by atoms with Crippen molar-refractivity contribution in [1.82, 2.24) is 0 Å². The first kappa shape index (κ1) is 13.6. The maximum atomic E-state index is 12.8. The number of carboxylic acids is 1. The van der Waals surface area contributed by atoms with Crippen molar-refractivity contribution in [2.24, 2.45) is 11.7 Å². The Morgan fingerprint density at radius 3 is 2.57 bits per heavy atom. The zero-order chi connectivity index (χ0) is 10.1. The second-order valence-electron chi connectivity index (χ2n) is 3.58. The molecule has 0 aromatic heterocycles. The summed E-state index contributed by atoms with van der Waals surface area (Å²) in [6, 6.07) is -1.15. The van der Waals surface area contributed by atoms with Crippen molar-refractivity contribution < 1.29 is 18.7 Å². The molecule has 1 fully saturated rings. The second kappa shape index (κ2) is 4.89. The van der Waals surface area contributed by atoms with Gasteiger partial charge in [0, 0.05) is 12.8 Å². The van der Waals surface area contributed by atoms with Gasteiger partial charge in [-0.25, -0.2) is 8.78 Å². The van der Waals surface area contributed by atoms with Crippen molar-refractivity contribution in [2.75, 3.05) is 0 Å². The molecule has 3 nitrogen and oxygen atoms in total. The van der Waals surface area contributed by atoms with E-state index in [0.717, 1.165) is 0 Å². The van der Waals surface area contributed by atoms with Gasteiger partial charge in [0.25, 0.3) is 0 Å². The largest absolute Gasteiger partial charge is 0.480 e. The number of alkyl halides is 2. The Bertz CT molecular complexity index is 214. The standard InChI is InChI=1S/C8H13F2NO2.ClH/c9-8(10)3-1-2-5(4-8)6(11)7(12)13;/h5-6H,1-4,11H2,(H,12,13);1H/t5-,6-;/m0./s1. The molecule has 1 rings (SSSR count). The van der Waals surface area contributed by atoms with Gasteiger partial charge in [0.2, 0.25) is 5.92 Å². The van der Waals surface area contributed by atoms with E-state index < -0.39 is 23.9 Å². The molecular weight excluding hydrogens is 216 g/mol. The molecule has 0 aromatic carbocycles. The highest BCUT2D eigenvalue weighted by molar-refractivity contribution is 5.85. The van der Waals surface area contributed by atoms with Gasteiger partial charge in [0.1, 0.15) is 6.04 Å². The third-order valence-electron chi connectivity index (χ3n) is 2.47. The van der Waals surface area contributed by atoms with E-state index in [1.54, 1.807) is 0 Å². The molecule has 0 radical (unpaired) electrons. The molecule has 1 aliphatic rings. The first-order valence-electron chi connectivity index (χ1n) is 4.28. The summed E-state index contributed by atoms with van der Waals surface area (Å²) in [6.07, 6.45) is 0.317. The predicted molar refractivity (Wildman–Crippen MR) is 49.8 cm³/mol. The minimum absolute atomic E-state index is 0. The first-order valence-corrected chi connectivity index (χ1v) is 4.28. The SMILES string of the molecule is Cl.N[C@H](C(=O)O)[C@H]1CCCC(F)(F)C1. The van der Waals surface area contributed by atoms with Crippen LogP contribution in [0.4, 0.5) is 8.78 Å². The summed E-state index contributed by atoms with van der Waals surface area (Å²) >= 11 is 0. The van der Waals surface area contributed by atoms with Crippen molar-refractivity contribution in [3.05, 3.63) is 0 Å². The summed E-state index contributed by atoms with van der Waals surface area (Å²) in [7, 11) is 0. The van der Waals surface area contributed by atoms with Crippen molar-refractivity contribution in [3.8, 4) is 0 Å². The molecule has 0 aliphatic heterocycles. The van der Waals surface area contributed by atoms with Gasteiger partial charge < -0.3 is 10.8 Å². The van der Waals surface area contributed by atoms with Crippen molar-refractivity contribution in [3.63, 3.8) is 0 Å². The number of hydrogen-bond donors (Lipinski definition) is 2. The maximum Gasteiger partial charge on any atom is 0.320 e. The molecule has 84 valence electrons. The highest BCUT2D eigenvalue weighted by atomic mass is 35.5. The lowest BCUT2D eigenvalue weighted by Gasteiger charge is -2.30. The quantitative estimate of drug-likeness (QED) is 0.757. The Kier molecular flexibility index (Phi) is 4.74. The van der Waals surface area contributed by atoms with Crippen LogP contribution in [0, 0.1) is 5.92 Å². The fraction of sp³-hybridized carbons (Fsp3) is 0.875. The maximum absolute atomic E-state index is 12.8. The Labute approximate surface area is 87.1 Å². The Balaban J connectivity index is 0.00000169. The van der Waals surface area contributed by atoms with Gasteiger partial charge in [-0.05, 0) is 18.8 Å². The summed E-state index contributed by atoms with van der Waals surface area (Å²) < 4.78 is 25.7. The Morgan fingerprint density at radius 1 is 1.57 bits per heavy atom. The van der Waals surface area contributed by atoms with Crippen LogP contribution >= 0.6 is 12.4 Å². The molecule has 1 aliphatic carbocycles. The lowest BCUT2D eigenvalue weighted by Crippen LogP contribution is -2.42. The van der Waals surface area contributed by atoms with E-state index in [-0.39, 0.29) is 25.2 Å². The molecule has 1 saturated carbocycles. The van der Waals surface area contributed by atoms with Gasteiger partial charge in [0.05, 0.1) is 0 Å². The number of aliphatic carboxylic acids is 1. The van der Waals surface area contributed by atoms with E-state index in [1.807, 2.05) is 0 Å². The minimum Gasteiger partial charge on any atom is -0.480 e. The molecule has 0 unspecified atom stereocenters. The van der Waals surface area contributed by atoms with Crippen LogP contribution < -0.4 is 5.73 Å². The van der Waals surface area contributed by atoms with Gasteiger partial charge >= 0.3 is 5.97 Å². The van der Waals surface area contributed by atoms with E-state index in [1.165, 1.54) is 0 Å². The average Bonchev–Trinajstić information content (AvgIpc) is 2.01. The Hall–Kier alpha value is -0.420. The summed E-state index contributed by atoms with van der Waals surface area (Å²) in [5.74, 6) is -4.50. The van der Waals surface area contributed by atoms with Gasteiger partial charge in [-0.2, -0.15) is 0 Å². The lowest BCUT2D eigenvalue weighted by atomic mass is 9.82. The third kappa shape index (κ3) is 3.38. The van der Waals surface area contributed by atoms with Crippen LogP contribution in [0.3, 0.4) is 0 Å². The molecule has 0 heterocycles. The second-order valence-corrected chi connectivity index (χ2v) is 3.58. The monoisotopic (exact) mass is 229 g/mol. The van der Waals surface area contributed by atoms with Gasteiger partial charge in [-0.3, -0.25) is 4.79 Å². The molecule has 0 spiro atoms. The number of hydrogen-bond acceptors (Lipinski definition) is 2. The van der Waals surface area contributed by atoms with Crippen LogP contribution in [-0.2, 0) is 4.79 Å². The van der Waals surface area contributed by atoms with E-state index in [2.05, 4.69) is 0 Å². The Morgan fingerprint density at radius 2 is 2.14 bits per heavy atom. The molecule has 0 amide bonds. The number of halogens is 3. The fourth-order valence-electron chi connectivity index (χ4n) is 1.72. The van der Waals surface area contributed by atoms with E-state index >= 15 is 0 Å². The summed E-state index contributed by atoms with van der Waals surface area (Å²) in [5.41, 5.74) is 5.28. The van der Waals surface area contributed by atoms with Crippen LogP contribution in [0.15, 0.2) is 0 Å². The first-order chi connectivity index (χ1) is 5.92. The van der Waals surface area contributed by atoms with Crippen LogP contribution in [0.25, 0.3) is 0 Å². The zero-order valence-corrected chi connectivity index (χ0v) is 8.40. The van der Waals surface area contributed by atoms with E-state index in [9.17, 15) is 13.6 Å². The normalized spacial score (nSPS) is 27.5. The molecule has 2 atom stereocenters. The van der Waals surface area contributed by atoms with Gasteiger partial charge in [-0.1, -0.05) is 0 Å². The molecule has 3 N–H and O–H groups in total. The molecule has 0 saturated heterocycles. The molecule has 6 heteroatoms. The molecule has 0 aromatic rings. The number of nitrogens with two attached hydrogens (primary N) is 1.